The Morgan fingerprint density at radius 2 is 2.22 bits per heavy atom. The monoisotopic (exact) mass is 351 g/mol. The van der Waals surface area contributed by atoms with Gasteiger partial charge in [-0.25, -0.2) is 8.42 Å². The molecule has 0 bridgehead atoms. The Hall–Kier alpha value is -0.100. The fraction of sp³-hybridized carbons (Fsp3) is 0.500. The van der Waals surface area contributed by atoms with E-state index in [4.69, 9.17) is 11.6 Å². The van der Waals surface area contributed by atoms with Crippen molar-refractivity contribution in [1.29, 1.82) is 0 Å². The lowest BCUT2D eigenvalue weighted by Gasteiger charge is -2.10. The van der Waals surface area contributed by atoms with Crippen LogP contribution in [0.2, 0.25) is 5.02 Å². The molecule has 18 heavy (non-hydrogen) atoms. The van der Waals surface area contributed by atoms with Crippen LogP contribution in [0.1, 0.15) is 12.0 Å². The number of benzene rings is 1. The Morgan fingerprint density at radius 1 is 1.44 bits per heavy atom. The molecule has 1 fully saturated rings. The minimum absolute atomic E-state index is 0.237. The van der Waals surface area contributed by atoms with Gasteiger partial charge >= 0.3 is 0 Å². The molecule has 100 valence electrons. The van der Waals surface area contributed by atoms with E-state index in [2.05, 4.69) is 21.2 Å². The Morgan fingerprint density at radius 3 is 2.89 bits per heavy atom. The van der Waals surface area contributed by atoms with Gasteiger partial charge in [-0.2, -0.15) is 0 Å². The molecular weight excluding hydrogens is 338 g/mol. The summed E-state index contributed by atoms with van der Waals surface area (Å²) < 4.78 is 23.6. The molecule has 3 nitrogen and oxygen atoms in total. The van der Waals surface area contributed by atoms with Crippen molar-refractivity contribution in [3.05, 3.63) is 33.3 Å². The van der Waals surface area contributed by atoms with Crippen LogP contribution in [0.25, 0.3) is 0 Å². The number of halogens is 2. The van der Waals surface area contributed by atoms with E-state index in [9.17, 15) is 8.42 Å². The van der Waals surface area contributed by atoms with E-state index in [1.54, 1.807) is 0 Å². The molecule has 1 aromatic rings. The molecule has 1 unspecified atom stereocenters. The zero-order chi connectivity index (χ0) is 13.2. The largest absolute Gasteiger partial charge is 0.312 e. The van der Waals surface area contributed by atoms with Gasteiger partial charge in [0.05, 0.1) is 11.5 Å². The second-order valence-corrected chi connectivity index (χ2v) is 8.19. The zero-order valence-corrected chi connectivity index (χ0v) is 13.0. The normalized spacial score (nSPS) is 22.2. The summed E-state index contributed by atoms with van der Waals surface area (Å²) in [4.78, 5) is 0. The summed E-state index contributed by atoms with van der Waals surface area (Å²) in [6, 6.07) is 5.72. The molecule has 1 heterocycles. The van der Waals surface area contributed by atoms with E-state index >= 15 is 0 Å². The topological polar surface area (TPSA) is 46.2 Å². The maximum absolute atomic E-state index is 11.3. The molecule has 2 rings (SSSR count). The van der Waals surface area contributed by atoms with Gasteiger partial charge in [0.1, 0.15) is 0 Å². The highest BCUT2D eigenvalue weighted by Gasteiger charge is 2.27. The third-order valence-electron chi connectivity index (χ3n) is 3.08. The highest BCUT2D eigenvalue weighted by Crippen LogP contribution is 2.21. The third-order valence-corrected chi connectivity index (χ3v) is 5.78. The van der Waals surface area contributed by atoms with Crippen molar-refractivity contribution in [2.24, 2.45) is 5.92 Å². The van der Waals surface area contributed by atoms with Crippen LogP contribution in [0.5, 0.6) is 0 Å². The van der Waals surface area contributed by atoms with Gasteiger partial charge in [0.15, 0.2) is 9.84 Å². The fourth-order valence-corrected chi connectivity index (χ4v) is 4.58. The quantitative estimate of drug-likeness (QED) is 0.906. The number of hydrogen-bond acceptors (Lipinski definition) is 3. The van der Waals surface area contributed by atoms with Crippen LogP contribution in [0.4, 0.5) is 0 Å². The van der Waals surface area contributed by atoms with E-state index in [0.717, 1.165) is 28.0 Å². The van der Waals surface area contributed by atoms with E-state index in [0.29, 0.717) is 18.1 Å². The maximum Gasteiger partial charge on any atom is 0.150 e. The van der Waals surface area contributed by atoms with Crippen molar-refractivity contribution in [2.45, 2.75) is 13.0 Å². The summed E-state index contributed by atoms with van der Waals surface area (Å²) in [6.07, 6.45) is 0.765. The number of sulfone groups is 1. The summed E-state index contributed by atoms with van der Waals surface area (Å²) in [5.74, 6) is 0.879. The molecule has 1 aliphatic heterocycles. The van der Waals surface area contributed by atoms with Gasteiger partial charge in [-0.05, 0) is 42.6 Å². The molecule has 1 atom stereocenters. The molecule has 0 spiro atoms. The van der Waals surface area contributed by atoms with Crippen molar-refractivity contribution in [1.82, 2.24) is 5.32 Å². The van der Waals surface area contributed by atoms with Crippen LogP contribution in [0, 0.1) is 5.92 Å². The van der Waals surface area contributed by atoms with Gasteiger partial charge in [-0.1, -0.05) is 27.5 Å². The first-order chi connectivity index (χ1) is 8.46. The first kappa shape index (κ1) is 14.3. The minimum Gasteiger partial charge on any atom is -0.312 e. The van der Waals surface area contributed by atoms with Gasteiger partial charge in [-0.3, -0.25) is 0 Å². The molecular formula is C12H15BrClNO2S. The van der Waals surface area contributed by atoms with Gasteiger partial charge in [0.2, 0.25) is 0 Å². The molecule has 0 aliphatic carbocycles. The van der Waals surface area contributed by atoms with Crippen molar-refractivity contribution in [2.75, 3.05) is 18.1 Å². The first-order valence-electron chi connectivity index (χ1n) is 5.81. The van der Waals surface area contributed by atoms with E-state index in [1.165, 1.54) is 0 Å². The lowest BCUT2D eigenvalue weighted by molar-refractivity contribution is 0.521. The average molecular weight is 353 g/mol. The summed E-state index contributed by atoms with van der Waals surface area (Å²) in [5, 5.41) is 4.01. The van der Waals surface area contributed by atoms with Crippen LogP contribution < -0.4 is 5.32 Å². The second kappa shape index (κ2) is 5.90. The standard InChI is InChI=1S/C12H15BrClNO2S/c13-11-1-2-12(14)10(5-11)7-15-6-9-3-4-18(16,17)8-9/h1-2,5,9,15H,3-4,6-8H2. The summed E-state index contributed by atoms with van der Waals surface area (Å²) in [5.41, 5.74) is 1.02. The minimum atomic E-state index is -2.78. The van der Waals surface area contributed by atoms with Gasteiger partial charge in [0, 0.05) is 16.0 Å². The van der Waals surface area contributed by atoms with Crippen LogP contribution in [0.3, 0.4) is 0 Å². The highest BCUT2D eigenvalue weighted by molar-refractivity contribution is 9.10. The lowest BCUT2D eigenvalue weighted by atomic mass is 10.1. The highest BCUT2D eigenvalue weighted by atomic mass is 79.9. The number of hydrogen-bond donors (Lipinski definition) is 1. The maximum atomic E-state index is 11.3. The molecule has 6 heteroatoms. The molecule has 1 aliphatic rings. The predicted molar refractivity (Wildman–Crippen MR) is 77.6 cm³/mol. The zero-order valence-electron chi connectivity index (χ0n) is 9.83. The van der Waals surface area contributed by atoms with Crippen molar-refractivity contribution in [3.63, 3.8) is 0 Å². The molecule has 0 saturated carbocycles. The molecule has 1 saturated heterocycles. The summed E-state index contributed by atoms with van der Waals surface area (Å²) in [7, 11) is -2.78. The summed E-state index contributed by atoms with van der Waals surface area (Å²) >= 11 is 9.48. The van der Waals surface area contributed by atoms with E-state index in [-0.39, 0.29) is 5.92 Å². The van der Waals surface area contributed by atoms with E-state index < -0.39 is 9.84 Å². The van der Waals surface area contributed by atoms with Crippen LogP contribution in [0.15, 0.2) is 22.7 Å². The van der Waals surface area contributed by atoms with Crippen molar-refractivity contribution >= 4 is 37.4 Å². The Balaban J connectivity index is 1.84. The van der Waals surface area contributed by atoms with Crippen LogP contribution in [-0.2, 0) is 16.4 Å². The molecule has 0 aromatic heterocycles. The van der Waals surface area contributed by atoms with Crippen molar-refractivity contribution < 1.29 is 8.42 Å². The fourth-order valence-electron chi connectivity index (χ4n) is 2.12. The van der Waals surface area contributed by atoms with Crippen LogP contribution in [-0.4, -0.2) is 26.5 Å². The smallest absolute Gasteiger partial charge is 0.150 e. The van der Waals surface area contributed by atoms with Gasteiger partial charge in [0.25, 0.3) is 0 Å². The van der Waals surface area contributed by atoms with Gasteiger partial charge in [-0.15, -0.1) is 0 Å². The van der Waals surface area contributed by atoms with Crippen molar-refractivity contribution in [3.8, 4) is 0 Å². The second-order valence-electron chi connectivity index (χ2n) is 4.64. The molecule has 0 radical (unpaired) electrons. The van der Waals surface area contributed by atoms with Gasteiger partial charge < -0.3 is 5.32 Å². The average Bonchev–Trinajstić information content (AvgIpc) is 2.63. The number of nitrogens with one attached hydrogen (secondary N) is 1. The van der Waals surface area contributed by atoms with E-state index in [1.807, 2.05) is 18.2 Å². The third kappa shape index (κ3) is 3.95. The lowest BCUT2D eigenvalue weighted by Crippen LogP contribution is -2.23. The first-order valence-corrected chi connectivity index (χ1v) is 8.80. The molecule has 1 N–H and O–H groups in total. The number of rotatable bonds is 4. The summed E-state index contributed by atoms with van der Waals surface area (Å²) in [6.45, 7) is 1.39. The Kier molecular flexibility index (Phi) is 4.69. The predicted octanol–water partition coefficient (Wildman–Crippen LogP) is 2.63. The Labute approximate surface area is 121 Å². The SMILES string of the molecule is O=S1(=O)CCC(CNCc2cc(Br)ccc2Cl)C1. The molecule has 1 aromatic carbocycles. The Bertz CT molecular complexity index is 533. The van der Waals surface area contributed by atoms with Crippen LogP contribution >= 0.6 is 27.5 Å². The molecule has 0 amide bonds.